The molecule has 2 aliphatic heterocycles. The molecule has 5 nitrogen and oxygen atoms in total. The first kappa shape index (κ1) is 13.9. The number of aliphatic imine (C=N–C) groups is 1. The Hall–Kier alpha value is -2.09. The molecule has 21 heavy (non-hydrogen) atoms. The number of nitrogens with zero attached hydrogens (tertiary/aromatic N) is 2. The van der Waals surface area contributed by atoms with Crippen LogP contribution in [0.1, 0.15) is 11.1 Å². The van der Waals surface area contributed by atoms with Crippen molar-refractivity contribution in [2.45, 2.75) is 18.8 Å². The van der Waals surface area contributed by atoms with Crippen molar-refractivity contribution in [3.05, 3.63) is 35.4 Å². The van der Waals surface area contributed by atoms with E-state index in [4.69, 9.17) is 0 Å². The largest absolute Gasteiger partial charge is 0.471 e. The maximum absolute atomic E-state index is 12.0. The average Bonchev–Trinajstić information content (AvgIpc) is 3.05. The van der Waals surface area contributed by atoms with E-state index in [9.17, 15) is 18.0 Å². The van der Waals surface area contributed by atoms with Gasteiger partial charge < -0.3 is 10.7 Å². The molecule has 1 amide bonds. The van der Waals surface area contributed by atoms with E-state index in [-0.39, 0.29) is 12.7 Å². The molecule has 0 aromatic heterocycles. The van der Waals surface area contributed by atoms with Crippen LogP contribution in [0.2, 0.25) is 0 Å². The summed E-state index contributed by atoms with van der Waals surface area (Å²) in [7, 11) is 0. The average molecular weight is 298 g/mol. The SMILES string of the molecule is O=C(NCCc1ccc(C2=NC3CN3N2)cc1)C(F)(F)F. The summed E-state index contributed by atoms with van der Waals surface area (Å²) >= 11 is 0. The van der Waals surface area contributed by atoms with Crippen LogP contribution in [0.4, 0.5) is 13.2 Å². The molecule has 3 rings (SSSR count). The second-order valence-electron chi connectivity index (χ2n) is 4.92. The second kappa shape index (κ2) is 5.03. The third-order valence-electron chi connectivity index (χ3n) is 3.30. The molecule has 2 unspecified atom stereocenters. The summed E-state index contributed by atoms with van der Waals surface area (Å²) in [6, 6.07) is 7.36. The van der Waals surface area contributed by atoms with Gasteiger partial charge >= 0.3 is 12.1 Å². The quantitative estimate of drug-likeness (QED) is 0.809. The first-order valence-corrected chi connectivity index (χ1v) is 6.49. The molecule has 2 atom stereocenters. The lowest BCUT2D eigenvalue weighted by Crippen LogP contribution is -2.37. The van der Waals surface area contributed by atoms with Crippen LogP contribution in [0.3, 0.4) is 0 Å². The lowest BCUT2D eigenvalue weighted by Gasteiger charge is -2.09. The number of carbonyl (C=O) groups is 1. The van der Waals surface area contributed by atoms with Crippen molar-refractivity contribution >= 4 is 11.7 Å². The summed E-state index contributed by atoms with van der Waals surface area (Å²) in [6.45, 7) is 0.882. The Balaban J connectivity index is 1.51. The molecule has 1 saturated heterocycles. The van der Waals surface area contributed by atoms with E-state index in [1.54, 1.807) is 0 Å². The Morgan fingerprint density at radius 2 is 2.10 bits per heavy atom. The van der Waals surface area contributed by atoms with Crippen LogP contribution in [-0.4, -0.2) is 42.2 Å². The summed E-state index contributed by atoms with van der Waals surface area (Å²) in [5, 5.41) is 3.84. The Kier molecular flexibility index (Phi) is 3.32. The Bertz CT molecular complexity index is 582. The minimum absolute atomic E-state index is 0.0489. The van der Waals surface area contributed by atoms with Gasteiger partial charge in [-0.05, 0) is 12.0 Å². The van der Waals surface area contributed by atoms with Crippen LogP contribution >= 0.6 is 0 Å². The fourth-order valence-electron chi connectivity index (χ4n) is 2.06. The predicted molar refractivity (Wildman–Crippen MR) is 69.4 cm³/mol. The van der Waals surface area contributed by atoms with Gasteiger partial charge in [-0.2, -0.15) is 18.2 Å². The van der Waals surface area contributed by atoms with Gasteiger partial charge in [0.25, 0.3) is 0 Å². The van der Waals surface area contributed by atoms with Gasteiger partial charge in [0.15, 0.2) is 0 Å². The maximum atomic E-state index is 12.0. The van der Waals surface area contributed by atoms with Crippen LogP contribution in [0.15, 0.2) is 29.3 Å². The van der Waals surface area contributed by atoms with E-state index in [0.717, 1.165) is 23.5 Å². The highest BCUT2D eigenvalue weighted by Crippen LogP contribution is 2.22. The molecule has 1 aromatic rings. The lowest BCUT2D eigenvalue weighted by molar-refractivity contribution is -0.173. The van der Waals surface area contributed by atoms with Crippen molar-refractivity contribution in [1.82, 2.24) is 15.8 Å². The lowest BCUT2D eigenvalue weighted by atomic mass is 10.1. The molecule has 2 N–H and O–H groups in total. The zero-order valence-corrected chi connectivity index (χ0v) is 10.9. The first-order valence-electron chi connectivity index (χ1n) is 6.49. The Morgan fingerprint density at radius 1 is 1.38 bits per heavy atom. The molecule has 0 aliphatic carbocycles. The van der Waals surface area contributed by atoms with E-state index < -0.39 is 12.1 Å². The number of alkyl halides is 3. The van der Waals surface area contributed by atoms with Gasteiger partial charge in [-0.1, -0.05) is 24.3 Å². The third kappa shape index (κ3) is 3.15. The molecule has 2 heterocycles. The standard InChI is InChI=1S/C13H13F3N4O/c14-13(15,16)12(21)17-6-5-8-1-3-9(4-2-8)11-18-10-7-20(10)19-11/h1-4,10H,5-7H2,(H,17,21)(H,18,19). The van der Waals surface area contributed by atoms with Crippen molar-refractivity contribution in [2.75, 3.05) is 13.1 Å². The summed E-state index contributed by atoms with van der Waals surface area (Å²) in [5.74, 6) is -1.10. The number of carbonyl (C=O) groups excluding carboxylic acids is 1. The molecule has 1 aromatic carbocycles. The van der Waals surface area contributed by atoms with E-state index >= 15 is 0 Å². The topological polar surface area (TPSA) is 56.5 Å². The number of rotatable bonds is 4. The van der Waals surface area contributed by atoms with Gasteiger partial charge in [0.1, 0.15) is 12.0 Å². The molecule has 0 spiro atoms. The second-order valence-corrected chi connectivity index (χ2v) is 4.92. The number of halogens is 3. The molecule has 0 saturated carbocycles. The van der Waals surface area contributed by atoms with Crippen LogP contribution < -0.4 is 10.7 Å². The van der Waals surface area contributed by atoms with Gasteiger partial charge in [0.05, 0.1) is 6.54 Å². The smallest absolute Gasteiger partial charge is 0.348 e. The number of amides is 1. The minimum Gasteiger partial charge on any atom is -0.348 e. The van der Waals surface area contributed by atoms with Gasteiger partial charge in [-0.15, -0.1) is 0 Å². The third-order valence-corrected chi connectivity index (χ3v) is 3.30. The molecule has 0 bridgehead atoms. The van der Waals surface area contributed by atoms with Crippen molar-refractivity contribution < 1.29 is 18.0 Å². The monoisotopic (exact) mass is 298 g/mol. The van der Waals surface area contributed by atoms with E-state index in [1.165, 1.54) is 0 Å². The van der Waals surface area contributed by atoms with Gasteiger partial charge in [-0.3, -0.25) is 4.79 Å². The minimum atomic E-state index is -4.83. The maximum Gasteiger partial charge on any atom is 0.471 e. The zero-order valence-electron chi connectivity index (χ0n) is 10.9. The van der Waals surface area contributed by atoms with Crippen molar-refractivity contribution in [1.29, 1.82) is 0 Å². The van der Waals surface area contributed by atoms with Gasteiger partial charge in [0.2, 0.25) is 0 Å². The van der Waals surface area contributed by atoms with Crippen LogP contribution in [-0.2, 0) is 11.2 Å². The number of hydrazine groups is 1. The van der Waals surface area contributed by atoms with Crippen molar-refractivity contribution in [3.8, 4) is 0 Å². The molecular weight excluding hydrogens is 285 g/mol. The number of hydrogen-bond donors (Lipinski definition) is 2. The van der Waals surface area contributed by atoms with E-state index in [1.807, 2.05) is 34.6 Å². The summed E-state index contributed by atoms with van der Waals surface area (Å²) in [5.41, 5.74) is 4.93. The number of hydrogen-bond acceptors (Lipinski definition) is 4. The van der Waals surface area contributed by atoms with Crippen LogP contribution in [0.25, 0.3) is 0 Å². The van der Waals surface area contributed by atoms with Gasteiger partial charge in [0, 0.05) is 12.1 Å². The predicted octanol–water partition coefficient (Wildman–Crippen LogP) is 0.814. The fraction of sp³-hybridized carbons (Fsp3) is 0.385. The summed E-state index contributed by atoms with van der Waals surface area (Å²) in [4.78, 5) is 15.1. The van der Waals surface area contributed by atoms with Crippen LogP contribution in [0.5, 0.6) is 0 Å². The summed E-state index contributed by atoms with van der Waals surface area (Å²) < 4.78 is 36.0. The summed E-state index contributed by atoms with van der Waals surface area (Å²) in [6.07, 6.45) is -4.24. The Labute approximate surface area is 118 Å². The highest BCUT2D eigenvalue weighted by Gasteiger charge is 2.40. The first-order chi connectivity index (χ1) is 9.93. The molecular formula is C13H13F3N4O. The van der Waals surface area contributed by atoms with E-state index in [0.29, 0.717) is 6.42 Å². The van der Waals surface area contributed by atoms with Gasteiger partial charge in [-0.25, -0.2) is 4.99 Å². The molecule has 8 heteroatoms. The normalized spacial score (nSPS) is 23.1. The number of benzene rings is 1. The highest BCUT2D eigenvalue weighted by atomic mass is 19.4. The zero-order chi connectivity index (χ0) is 15.0. The van der Waals surface area contributed by atoms with Crippen molar-refractivity contribution in [3.63, 3.8) is 0 Å². The highest BCUT2D eigenvalue weighted by molar-refractivity contribution is 6.00. The van der Waals surface area contributed by atoms with E-state index in [2.05, 4.69) is 10.4 Å². The molecule has 1 fully saturated rings. The Morgan fingerprint density at radius 3 is 2.67 bits per heavy atom. The molecule has 0 radical (unpaired) electrons. The fourth-order valence-corrected chi connectivity index (χ4v) is 2.06. The number of amidine groups is 1. The van der Waals surface area contributed by atoms with Crippen LogP contribution in [0, 0.1) is 0 Å². The molecule has 2 aliphatic rings. The van der Waals surface area contributed by atoms with Crippen molar-refractivity contribution in [2.24, 2.45) is 4.99 Å². The molecule has 112 valence electrons. The number of nitrogens with one attached hydrogen (secondary N) is 2. The number of fused-ring (bicyclic) bond motifs is 1.